The van der Waals surface area contributed by atoms with Crippen LogP contribution in [0.4, 0.5) is 0 Å². The molecule has 1 aromatic heterocycles. The maximum atomic E-state index is 9.17. The maximum absolute atomic E-state index is 9.17. The van der Waals surface area contributed by atoms with Crippen LogP contribution >= 0.6 is 11.3 Å². The number of hydrogen-bond acceptors (Lipinski definition) is 4. The van der Waals surface area contributed by atoms with Gasteiger partial charge in [-0.15, -0.1) is 11.3 Å². The summed E-state index contributed by atoms with van der Waals surface area (Å²) in [5, 5.41) is 17.2. The Balaban J connectivity index is 0.000000310. The maximum Gasteiger partial charge on any atom is 0.499 e. The molecule has 72 valence electrons. The summed E-state index contributed by atoms with van der Waals surface area (Å²) in [6, 6.07) is 3.57. The van der Waals surface area contributed by atoms with Crippen molar-refractivity contribution in [3.8, 4) is 0 Å². The van der Waals surface area contributed by atoms with Crippen molar-refractivity contribution in [1.29, 1.82) is 0 Å². The van der Waals surface area contributed by atoms with Gasteiger partial charge in [-0.2, -0.15) is 0 Å². The number of carbonyl (C=O) groups excluding carboxylic acids is 1. The van der Waals surface area contributed by atoms with Gasteiger partial charge in [0.2, 0.25) is 0 Å². The van der Waals surface area contributed by atoms with E-state index in [2.05, 4.69) is 0 Å². The molecule has 0 atom stereocenters. The minimum atomic E-state index is -1.30. The summed E-state index contributed by atoms with van der Waals surface area (Å²) >= 11 is 1.40. The van der Waals surface area contributed by atoms with E-state index in [1.54, 1.807) is 6.07 Å². The minimum Gasteiger partial charge on any atom is -0.423 e. The highest BCUT2D eigenvalue weighted by Crippen LogP contribution is 2.03. The first-order valence-electron chi connectivity index (χ1n) is 3.98. The Morgan fingerprint density at radius 2 is 2.08 bits per heavy atom. The Morgan fingerprint density at radius 3 is 2.23 bits per heavy atom. The van der Waals surface area contributed by atoms with E-state index >= 15 is 0 Å². The lowest BCUT2D eigenvalue weighted by molar-refractivity contribution is -0.107. The molecule has 0 spiro atoms. The van der Waals surface area contributed by atoms with Gasteiger partial charge in [-0.3, -0.25) is 0 Å². The van der Waals surface area contributed by atoms with Gasteiger partial charge in [0.15, 0.2) is 0 Å². The molecule has 0 aromatic carbocycles. The third-order valence-corrected chi connectivity index (χ3v) is 2.22. The second-order valence-corrected chi connectivity index (χ2v) is 3.72. The first kappa shape index (κ1) is 12.4. The van der Waals surface area contributed by atoms with Gasteiger partial charge in [0.05, 0.1) is 0 Å². The van der Waals surface area contributed by atoms with Crippen molar-refractivity contribution in [2.45, 2.75) is 20.3 Å². The number of aryl methyl sites for hydroxylation is 1. The van der Waals surface area contributed by atoms with Gasteiger partial charge in [0.25, 0.3) is 0 Å². The van der Waals surface area contributed by atoms with E-state index in [9.17, 15) is 4.79 Å². The highest BCUT2D eigenvalue weighted by Gasteiger charge is 2.11. The number of hydrogen-bond donors (Lipinski definition) is 2. The molecule has 1 heterocycles. The van der Waals surface area contributed by atoms with Crippen LogP contribution in [0.3, 0.4) is 0 Å². The van der Waals surface area contributed by atoms with Crippen molar-refractivity contribution in [2.24, 2.45) is 0 Å². The largest absolute Gasteiger partial charge is 0.499 e. The molecule has 0 unspecified atom stereocenters. The van der Waals surface area contributed by atoms with Gasteiger partial charge < -0.3 is 14.8 Å². The average Bonchev–Trinajstić information content (AvgIpc) is 2.52. The van der Waals surface area contributed by atoms with Crippen molar-refractivity contribution in [3.63, 3.8) is 0 Å². The zero-order chi connectivity index (χ0) is 10.3. The minimum absolute atomic E-state index is 0.604. The standard InChI is InChI=1S/C5H7BO2S.C3H6O/c1-4-2-3-5(9-4)6(7)8;1-2-3-4/h2-3,7-8H,1H3;3H,2H2,1H3. The lowest BCUT2D eigenvalue weighted by atomic mass is 9.90. The summed E-state index contributed by atoms with van der Waals surface area (Å²) in [5.74, 6) is 0. The molecule has 2 N–H and O–H groups in total. The molecule has 0 saturated carbocycles. The smallest absolute Gasteiger partial charge is 0.423 e. The van der Waals surface area contributed by atoms with Gasteiger partial charge >= 0.3 is 7.12 Å². The van der Waals surface area contributed by atoms with Crippen LogP contribution in [-0.4, -0.2) is 23.5 Å². The summed E-state index contributed by atoms with van der Waals surface area (Å²) in [4.78, 5) is 10.3. The van der Waals surface area contributed by atoms with Gasteiger partial charge in [-0.1, -0.05) is 13.0 Å². The molecule has 3 nitrogen and oxygen atoms in total. The molecule has 0 bridgehead atoms. The molecule has 13 heavy (non-hydrogen) atoms. The van der Waals surface area contributed by atoms with E-state index in [0.29, 0.717) is 11.2 Å². The van der Waals surface area contributed by atoms with E-state index in [-0.39, 0.29) is 0 Å². The van der Waals surface area contributed by atoms with Crippen molar-refractivity contribution >= 4 is 29.5 Å². The Labute approximate surface area is 82.2 Å². The molecule has 5 heteroatoms. The van der Waals surface area contributed by atoms with Crippen LogP contribution in [0.15, 0.2) is 12.1 Å². The molecule has 0 aliphatic carbocycles. The second kappa shape index (κ2) is 6.83. The Bertz CT molecular complexity index is 247. The molecule has 0 fully saturated rings. The summed E-state index contributed by atoms with van der Waals surface area (Å²) in [7, 11) is -1.30. The lowest BCUT2D eigenvalue weighted by Gasteiger charge is -1.88. The van der Waals surface area contributed by atoms with Crippen LogP contribution in [0, 0.1) is 6.92 Å². The second-order valence-electron chi connectivity index (χ2n) is 2.40. The van der Waals surface area contributed by atoms with Gasteiger partial charge in [-0.05, 0) is 13.0 Å². The summed E-state index contributed by atoms with van der Waals surface area (Å²) in [5.41, 5.74) is 0. The molecule has 1 aromatic rings. The van der Waals surface area contributed by atoms with Crippen LogP contribution in [0.25, 0.3) is 0 Å². The SMILES string of the molecule is CCC=O.Cc1ccc(B(O)O)s1. The zero-order valence-electron chi connectivity index (χ0n) is 7.73. The van der Waals surface area contributed by atoms with E-state index in [1.165, 1.54) is 11.3 Å². The van der Waals surface area contributed by atoms with Crippen LogP contribution < -0.4 is 4.78 Å². The molecule has 0 aliphatic heterocycles. The van der Waals surface area contributed by atoms with Crippen LogP contribution in [-0.2, 0) is 4.79 Å². The predicted octanol–water partition coefficient (Wildman–Crippen LogP) is 0.332. The Hall–Kier alpha value is -0.645. The fourth-order valence-corrected chi connectivity index (χ4v) is 1.34. The Morgan fingerprint density at radius 1 is 1.54 bits per heavy atom. The lowest BCUT2D eigenvalue weighted by Crippen LogP contribution is -2.26. The third kappa shape index (κ3) is 5.57. The highest BCUT2D eigenvalue weighted by molar-refractivity contribution is 7.22. The van der Waals surface area contributed by atoms with Gasteiger partial charge in [-0.25, -0.2) is 0 Å². The molecule has 0 saturated heterocycles. The topological polar surface area (TPSA) is 57.5 Å². The molecule has 0 amide bonds. The zero-order valence-corrected chi connectivity index (χ0v) is 8.54. The molecular formula is C8H13BO3S. The van der Waals surface area contributed by atoms with E-state index in [0.717, 1.165) is 11.2 Å². The van der Waals surface area contributed by atoms with Gasteiger partial charge in [0, 0.05) is 16.1 Å². The van der Waals surface area contributed by atoms with E-state index in [4.69, 9.17) is 10.0 Å². The number of thiophene rings is 1. The first-order valence-corrected chi connectivity index (χ1v) is 4.79. The summed E-state index contributed by atoms with van der Waals surface area (Å²) < 4.78 is 0.604. The number of aldehydes is 1. The summed E-state index contributed by atoms with van der Waals surface area (Å²) in [6.07, 6.45) is 1.51. The third-order valence-electron chi connectivity index (χ3n) is 1.18. The fraction of sp³-hybridized carbons (Fsp3) is 0.375. The van der Waals surface area contributed by atoms with Crippen molar-refractivity contribution in [1.82, 2.24) is 0 Å². The monoisotopic (exact) mass is 200 g/mol. The summed E-state index contributed by atoms with van der Waals surface area (Å²) in [6.45, 7) is 3.74. The molecule has 0 aliphatic rings. The van der Waals surface area contributed by atoms with Crippen LogP contribution in [0.5, 0.6) is 0 Å². The van der Waals surface area contributed by atoms with Gasteiger partial charge in [0.1, 0.15) is 6.29 Å². The Kier molecular flexibility index (Phi) is 6.49. The van der Waals surface area contributed by atoms with Crippen LogP contribution in [0.2, 0.25) is 0 Å². The van der Waals surface area contributed by atoms with Crippen molar-refractivity contribution in [2.75, 3.05) is 0 Å². The first-order chi connectivity index (χ1) is 6.11. The highest BCUT2D eigenvalue weighted by atomic mass is 32.1. The van der Waals surface area contributed by atoms with Crippen molar-refractivity contribution in [3.05, 3.63) is 17.0 Å². The fourth-order valence-electron chi connectivity index (χ4n) is 0.592. The van der Waals surface area contributed by atoms with Crippen molar-refractivity contribution < 1.29 is 14.8 Å². The van der Waals surface area contributed by atoms with E-state index in [1.807, 2.05) is 19.9 Å². The number of carbonyl (C=O) groups is 1. The number of rotatable bonds is 2. The molecule has 1 rings (SSSR count). The predicted molar refractivity (Wildman–Crippen MR) is 55.2 cm³/mol. The normalized spacial score (nSPS) is 8.62. The quantitative estimate of drug-likeness (QED) is 0.534. The molecular weight excluding hydrogens is 187 g/mol. The van der Waals surface area contributed by atoms with E-state index < -0.39 is 7.12 Å². The average molecular weight is 200 g/mol. The van der Waals surface area contributed by atoms with Crippen LogP contribution in [0.1, 0.15) is 18.2 Å². The molecule has 0 radical (unpaired) electrons.